The van der Waals surface area contributed by atoms with Crippen LogP contribution in [-0.2, 0) is 4.79 Å². The molecule has 0 bridgehead atoms. The molecule has 1 aromatic rings. The molecule has 1 heterocycles. The largest absolute Gasteiger partial charge is 0.342 e. The normalized spacial score (nSPS) is 32.2. The van der Waals surface area contributed by atoms with E-state index in [0.717, 1.165) is 38.8 Å². The Labute approximate surface area is 133 Å². The lowest BCUT2D eigenvalue weighted by molar-refractivity contribution is -0.138. The maximum Gasteiger partial charge on any atom is 0.226 e. The maximum absolute atomic E-state index is 12.8. The Morgan fingerprint density at radius 1 is 1.23 bits per heavy atom. The minimum atomic E-state index is 0.186. The summed E-state index contributed by atoms with van der Waals surface area (Å²) in [7, 11) is 0. The van der Waals surface area contributed by atoms with Gasteiger partial charge in [0.2, 0.25) is 5.91 Å². The molecule has 1 aromatic carbocycles. The van der Waals surface area contributed by atoms with Gasteiger partial charge in [0.05, 0.1) is 0 Å². The van der Waals surface area contributed by atoms with Crippen molar-refractivity contribution in [2.45, 2.75) is 38.5 Å². The van der Waals surface area contributed by atoms with E-state index in [1.807, 2.05) is 0 Å². The second-order valence-corrected chi connectivity index (χ2v) is 7.10. The smallest absolute Gasteiger partial charge is 0.226 e. The average molecular weight is 300 g/mol. The lowest BCUT2D eigenvalue weighted by atomic mass is 9.81. The minimum absolute atomic E-state index is 0.186. The van der Waals surface area contributed by atoms with Gasteiger partial charge < -0.3 is 10.6 Å². The fourth-order valence-electron chi connectivity index (χ4n) is 4.42. The number of rotatable bonds is 3. The number of benzene rings is 1. The van der Waals surface area contributed by atoms with Gasteiger partial charge in [-0.15, -0.1) is 0 Å². The van der Waals surface area contributed by atoms with Crippen LogP contribution in [0.15, 0.2) is 30.3 Å². The van der Waals surface area contributed by atoms with Crippen LogP contribution in [0.3, 0.4) is 0 Å². The van der Waals surface area contributed by atoms with Crippen LogP contribution in [0.1, 0.15) is 44.1 Å². The van der Waals surface area contributed by atoms with Crippen molar-refractivity contribution in [3.63, 3.8) is 0 Å². The third-order valence-corrected chi connectivity index (χ3v) is 5.72. The second kappa shape index (κ2) is 6.82. The number of carbonyl (C=O) groups is 1. The molecule has 0 radical (unpaired) electrons. The van der Waals surface area contributed by atoms with Crippen LogP contribution in [0.5, 0.6) is 0 Å². The molecule has 1 aliphatic carbocycles. The standard InChI is InChI=1S/C19H28N2O/c1-14-13-21(19(22)18-9-5-8-16(18)12-20)11-10-17(14)15-6-3-2-4-7-15/h2-4,6-7,14,16-18H,5,8-13,20H2,1H3/t14?,16-,17?,18-/m1/s1. The molecule has 2 N–H and O–H groups in total. The van der Waals surface area contributed by atoms with Crippen LogP contribution in [0.2, 0.25) is 0 Å². The minimum Gasteiger partial charge on any atom is -0.342 e. The van der Waals surface area contributed by atoms with E-state index in [9.17, 15) is 4.79 Å². The van der Waals surface area contributed by atoms with Crippen molar-refractivity contribution >= 4 is 5.91 Å². The van der Waals surface area contributed by atoms with Crippen molar-refractivity contribution in [2.75, 3.05) is 19.6 Å². The molecule has 1 amide bonds. The second-order valence-electron chi connectivity index (χ2n) is 7.10. The lowest BCUT2D eigenvalue weighted by Gasteiger charge is -2.39. The number of piperidine rings is 1. The first-order valence-corrected chi connectivity index (χ1v) is 8.74. The molecule has 2 aliphatic rings. The van der Waals surface area contributed by atoms with Gasteiger partial charge in [0.25, 0.3) is 0 Å². The fraction of sp³-hybridized carbons (Fsp3) is 0.632. The summed E-state index contributed by atoms with van der Waals surface area (Å²) in [5, 5.41) is 0. The van der Waals surface area contributed by atoms with Crippen LogP contribution in [0.25, 0.3) is 0 Å². The van der Waals surface area contributed by atoms with E-state index in [1.54, 1.807) is 0 Å². The predicted octanol–water partition coefficient (Wildman–Crippen LogP) is 3.01. The molecule has 0 spiro atoms. The Hall–Kier alpha value is -1.35. The van der Waals surface area contributed by atoms with Gasteiger partial charge >= 0.3 is 0 Å². The molecule has 3 rings (SSSR count). The van der Waals surface area contributed by atoms with Crippen LogP contribution < -0.4 is 5.73 Å². The summed E-state index contributed by atoms with van der Waals surface area (Å²) in [5.41, 5.74) is 7.27. The molecule has 1 aliphatic heterocycles. The Balaban J connectivity index is 1.64. The number of hydrogen-bond acceptors (Lipinski definition) is 2. The first-order valence-electron chi connectivity index (χ1n) is 8.74. The molecule has 2 unspecified atom stereocenters. The monoisotopic (exact) mass is 300 g/mol. The van der Waals surface area contributed by atoms with E-state index in [0.29, 0.717) is 30.2 Å². The number of likely N-dealkylation sites (tertiary alicyclic amines) is 1. The number of amides is 1. The van der Waals surface area contributed by atoms with Crippen LogP contribution in [-0.4, -0.2) is 30.4 Å². The quantitative estimate of drug-likeness (QED) is 0.932. The molecular weight excluding hydrogens is 272 g/mol. The molecule has 0 aromatic heterocycles. The summed E-state index contributed by atoms with van der Waals surface area (Å²) >= 11 is 0. The molecule has 2 fully saturated rings. The molecule has 120 valence electrons. The zero-order valence-corrected chi connectivity index (χ0v) is 13.6. The predicted molar refractivity (Wildman–Crippen MR) is 89.4 cm³/mol. The topological polar surface area (TPSA) is 46.3 Å². The van der Waals surface area contributed by atoms with E-state index >= 15 is 0 Å². The summed E-state index contributed by atoms with van der Waals surface area (Å²) in [6, 6.07) is 10.7. The summed E-state index contributed by atoms with van der Waals surface area (Å²) in [6.45, 7) is 4.74. The molecule has 4 atom stereocenters. The van der Waals surface area contributed by atoms with E-state index in [1.165, 1.54) is 5.56 Å². The maximum atomic E-state index is 12.8. The Kier molecular flexibility index (Phi) is 4.82. The lowest BCUT2D eigenvalue weighted by Crippen LogP contribution is -2.46. The summed E-state index contributed by atoms with van der Waals surface area (Å²) < 4.78 is 0. The van der Waals surface area contributed by atoms with Crippen LogP contribution in [0, 0.1) is 17.8 Å². The van der Waals surface area contributed by atoms with E-state index in [-0.39, 0.29) is 5.92 Å². The molecule has 3 nitrogen and oxygen atoms in total. The summed E-state index contributed by atoms with van der Waals surface area (Å²) in [6.07, 6.45) is 4.40. The van der Waals surface area contributed by atoms with Crippen molar-refractivity contribution in [1.82, 2.24) is 4.90 Å². The molecular formula is C19H28N2O. The Bertz CT molecular complexity index is 501. The molecule has 1 saturated heterocycles. The van der Waals surface area contributed by atoms with Gasteiger partial charge in [0, 0.05) is 19.0 Å². The molecule has 22 heavy (non-hydrogen) atoms. The van der Waals surface area contributed by atoms with Gasteiger partial charge in [-0.2, -0.15) is 0 Å². The third-order valence-electron chi connectivity index (χ3n) is 5.72. The van der Waals surface area contributed by atoms with Crippen molar-refractivity contribution < 1.29 is 4.79 Å². The first-order chi connectivity index (χ1) is 10.7. The van der Waals surface area contributed by atoms with E-state index in [2.05, 4.69) is 42.2 Å². The van der Waals surface area contributed by atoms with Gasteiger partial charge in [-0.3, -0.25) is 4.79 Å². The van der Waals surface area contributed by atoms with Crippen LogP contribution in [0.4, 0.5) is 0 Å². The van der Waals surface area contributed by atoms with Crippen molar-refractivity contribution in [2.24, 2.45) is 23.5 Å². The first kappa shape index (κ1) is 15.5. The highest BCUT2D eigenvalue weighted by molar-refractivity contribution is 5.79. The van der Waals surface area contributed by atoms with Gasteiger partial charge in [-0.1, -0.05) is 43.7 Å². The number of nitrogens with zero attached hydrogens (tertiary/aromatic N) is 1. The van der Waals surface area contributed by atoms with E-state index < -0.39 is 0 Å². The van der Waals surface area contributed by atoms with Gasteiger partial charge in [-0.25, -0.2) is 0 Å². The van der Waals surface area contributed by atoms with E-state index in [4.69, 9.17) is 5.73 Å². The van der Waals surface area contributed by atoms with Crippen molar-refractivity contribution in [3.05, 3.63) is 35.9 Å². The highest BCUT2D eigenvalue weighted by Crippen LogP contribution is 2.36. The van der Waals surface area contributed by atoms with Gasteiger partial charge in [0.15, 0.2) is 0 Å². The summed E-state index contributed by atoms with van der Waals surface area (Å²) in [4.78, 5) is 14.9. The highest BCUT2D eigenvalue weighted by Gasteiger charge is 2.37. The number of hydrogen-bond donors (Lipinski definition) is 1. The fourth-order valence-corrected chi connectivity index (χ4v) is 4.42. The summed E-state index contributed by atoms with van der Waals surface area (Å²) in [5.74, 6) is 2.07. The average Bonchev–Trinajstić information content (AvgIpc) is 3.03. The number of carbonyl (C=O) groups excluding carboxylic acids is 1. The van der Waals surface area contributed by atoms with Crippen molar-refractivity contribution in [1.29, 1.82) is 0 Å². The van der Waals surface area contributed by atoms with Gasteiger partial charge in [-0.05, 0) is 49.1 Å². The zero-order valence-electron chi connectivity index (χ0n) is 13.6. The van der Waals surface area contributed by atoms with Crippen molar-refractivity contribution in [3.8, 4) is 0 Å². The Morgan fingerprint density at radius 3 is 2.68 bits per heavy atom. The molecule has 1 saturated carbocycles. The zero-order chi connectivity index (χ0) is 15.5. The SMILES string of the molecule is CC1CN(C(=O)[C@@H]2CCC[C@@H]2CN)CCC1c1ccccc1. The molecule has 3 heteroatoms. The van der Waals surface area contributed by atoms with Crippen LogP contribution >= 0.6 is 0 Å². The highest BCUT2D eigenvalue weighted by atomic mass is 16.2. The third kappa shape index (κ3) is 3.05. The Morgan fingerprint density at radius 2 is 2.00 bits per heavy atom. The van der Waals surface area contributed by atoms with Gasteiger partial charge in [0.1, 0.15) is 0 Å². The number of nitrogens with two attached hydrogens (primary N) is 1.